The number of fused-ring (bicyclic) bond motifs is 2. The van der Waals surface area contributed by atoms with Crippen LogP contribution in [0.15, 0.2) is 118 Å². The van der Waals surface area contributed by atoms with Crippen molar-refractivity contribution in [1.82, 2.24) is 4.57 Å². The van der Waals surface area contributed by atoms with E-state index in [1.807, 2.05) is 78.9 Å². The minimum atomic E-state index is -0.633. The summed E-state index contributed by atoms with van der Waals surface area (Å²) in [6.07, 6.45) is 1.84. The van der Waals surface area contributed by atoms with Crippen molar-refractivity contribution in [2.24, 2.45) is 4.99 Å². The molecule has 0 fully saturated rings. The van der Waals surface area contributed by atoms with Crippen LogP contribution in [0.1, 0.15) is 36.6 Å². The van der Waals surface area contributed by atoms with Gasteiger partial charge in [0.2, 0.25) is 0 Å². The van der Waals surface area contributed by atoms with E-state index in [1.165, 1.54) is 11.3 Å². The van der Waals surface area contributed by atoms with E-state index in [1.54, 1.807) is 18.4 Å². The molecule has 0 amide bonds. The molecule has 7 heteroatoms. The molecule has 5 aromatic rings. The first-order chi connectivity index (χ1) is 20.0. The molecule has 4 aromatic carbocycles. The van der Waals surface area contributed by atoms with Gasteiger partial charge in [-0.15, -0.1) is 0 Å². The van der Waals surface area contributed by atoms with Gasteiger partial charge in [-0.25, -0.2) is 9.79 Å². The highest BCUT2D eigenvalue weighted by Crippen LogP contribution is 2.30. The summed E-state index contributed by atoms with van der Waals surface area (Å²) in [5, 5.41) is 2.31. The minimum Gasteiger partial charge on any atom is -0.488 e. The summed E-state index contributed by atoms with van der Waals surface area (Å²) < 4.78 is 13.8. The molecule has 2 heterocycles. The second-order valence-electron chi connectivity index (χ2n) is 9.68. The minimum absolute atomic E-state index is 0.222. The van der Waals surface area contributed by atoms with Crippen molar-refractivity contribution < 1.29 is 14.3 Å². The summed E-state index contributed by atoms with van der Waals surface area (Å²) in [6.45, 7) is 4.18. The molecule has 0 aliphatic carbocycles. The summed E-state index contributed by atoms with van der Waals surface area (Å²) in [6, 6.07) is 31.0. The SMILES string of the molecule is CCOC(=O)C1=C(C)N=c2sc(=Cc3ccccc3OCc3cccc4ccccc34)c(=O)n2C1c1ccccc1. The molecule has 1 unspecified atom stereocenters. The van der Waals surface area contributed by atoms with Crippen LogP contribution in [0.4, 0.5) is 0 Å². The first-order valence-corrected chi connectivity index (χ1v) is 14.3. The lowest BCUT2D eigenvalue weighted by Crippen LogP contribution is -2.39. The van der Waals surface area contributed by atoms with Crippen LogP contribution in [0.2, 0.25) is 0 Å². The highest BCUT2D eigenvalue weighted by atomic mass is 32.1. The molecular weight excluding hydrogens is 532 g/mol. The largest absolute Gasteiger partial charge is 0.488 e. The van der Waals surface area contributed by atoms with Crippen LogP contribution in [0.3, 0.4) is 0 Å². The molecule has 0 bridgehead atoms. The van der Waals surface area contributed by atoms with Crippen molar-refractivity contribution in [3.05, 3.63) is 145 Å². The van der Waals surface area contributed by atoms with Gasteiger partial charge in [0, 0.05) is 5.56 Å². The van der Waals surface area contributed by atoms with E-state index in [4.69, 9.17) is 9.47 Å². The molecule has 41 heavy (non-hydrogen) atoms. The maximum Gasteiger partial charge on any atom is 0.338 e. The van der Waals surface area contributed by atoms with E-state index in [-0.39, 0.29) is 12.2 Å². The van der Waals surface area contributed by atoms with Gasteiger partial charge in [-0.2, -0.15) is 0 Å². The number of carbonyl (C=O) groups excluding carboxylic acids is 1. The lowest BCUT2D eigenvalue weighted by atomic mass is 9.96. The number of rotatable bonds is 7. The Labute approximate surface area is 241 Å². The predicted molar refractivity (Wildman–Crippen MR) is 162 cm³/mol. The Morgan fingerprint density at radius 1 is 0.951 bits per heavy atom. The van der Waals surface area contributed by atoms with Crippen LogP contribution in [0, 0.1) is 0 Å². The summed E-state index contributed by atoms with van der Waals surface area (Å²) in [4.78, 5) is 32.2. The van der Waals surface area contributed by atoms with Crippen molar-refractivity contribution in [3.63, 3.8) is 0 Å². The number of carbonyl (C=O) groups is 1. The third kappa shape index (κ3) is 5.12. The molecule has 0 saturated heterocycles. The third-order valence-electron chi connectivity index (χ3n) is 7.10. The number of thiazole rings is 1. The zero-order valence-corrected chi connectivity index (χ0v) is 23.6. The topological polar surface area (TPSA) is 69.9 Å². The summed E-state index contributed by atoms with van der Waals surface area (Å²) >= 11 is 1.30. The van der Waals surface area contributed by atoms with Gasteiger partial charge in [0.15, 0.2) is 4.80 Å². The van der Waals surface area contributed by atoms with Gasteiger partial charge in [-0.1, -0.05) is 102 Å². The maximum absolute atomic E-state index is 13.9. The molecule has 6 nitrogen and oxygen atoms in total. The van der Waals surface area contributed by atoms with Crippen LogP contribution < -0.4 is 19.6 Å². The zero-order chi connectivity index (χ0) is 28.3. The summed E-state index contributed by atoms with van der Waals surface area (Å²) in [5.41, 5.74) is 3.38. The van der Waals surface area contributed by atoms with Crippen molar-refractivity contribution in [2.75, 3.05) is 6.61 Å². The number of para-hydroxylation sites is 1. The fourth-order valence-electron chi connectivity index (χ4n) is 5.19. The molecule has 0 saturated carbocycles. The van der Waals surface area contributed by atoms with Crippen molar-refractivity contribution in [1.29, 1.82) is 0 Å². The number of hydrogen-bond acceptors (Lipinski definition) is 6. The molecule has 0 spiro atoms. The van der Waals surface area contributed by atoms with Crippen LogP contribution in [-0.2, 0) is 16.1 Å². The number of ether oxygens (including phenoxy) is 2. The number of aromatic nitrogens is 1. The molecule has 1 aliphatic rings. The molecule has 6 rings (SSSR count). The lowest BCUT2D eigenvalue weighted by Gasteiger charge is -2.24. The van der Waals surface area contributed by atoms with Gasteiger partial charge in [0.05, 0.1) is 28.5 Å². The zero-order valence-electron chi connectivity index (χ0n) is 22.7. The van der Waals surface area contributed by atoms with E-state index in [9.17, 15) is 9.59 Å². The average molecular weight is 561 g/mol. The fourth-order valence-corrected chi connectivity index (χ4v) is 6.23. The van der Waals surface area contributed by atoms with Crippen LogP contribution >= 0.6 is 11.3 Å². The number of benzene rings is 4. The molecule has 1 aromatic heterocycles. The van der Waals surface area contributed by atoms with E-state index in [0.717, 1.165) is 27.5 Å². The van der Waals surface area contributed by atoms with E-state index in [0.29, 0.717) is 33.0 Å². The Hall–Kier alpha value is -4.75. The van der Waals surface area contributed by atoms with Gasteiger partial charge < -0.3 is 9.47 Å². The molecule has 1 aliphatic heterocycles. The number of allylic oxidation sites excluding steroid dienone is 1. The van der Waals surface area contributed by atoms with Gasteiger partial charge >= 0.3 is 5.97 Å². The van der Waals surface area contributed by atoms with Gasteiger partial charge in [0.25, 0.3) is 5.56 Å². The smallest absolute Gasteiger partial charge is 0.338 e. The Balaban J connectivity index is 1.41. The van der Waals surface area contributed by atoms with Crippen molar-refractivity contribution >= 4 is 34.2 Å². The first-order valence-electron chi connectivity index (χ1n) is 13.5. The molecule has 1 atom stereocenters. The Kier molecular flexibility index (Phi) is 7.35. The van der Waals surface area contributed by atoms with Crippen molar-refractivity contribution in [3.8, 4) is 5.75 Å². The van der Waals surface area contributed by atoms with Crippen LogP contribution in [0.25, 0.3) is 16.8 Å². The predicted octanol–water partition coefficient (Wildman–Crippen LogP) is 5.53. The number of nitrogens with zero attached hydrogens (tertiary/aromatic N) is 2. The van der Waals surface area contributed by atoms with Crippen molar-refractivity contribution in [2.45, 2.75) is 26.5 Å². The highest BCUT2D eigenvalue weighted by Gasteiger charge is 2.33. The quantitative estimate of drug-likeness (QED) is 0.246. The number of esters is 1. The summed E-state index contributed by atoms with van der Waals surface area (Å²) in [7, 11) is 0. The third-order valence-corrected chi connectivity index (χ3v) is 8.08. The van der Waals surface area contributed by atoms with Gasteiger partial charge in [-0.05, 0) is 47.9 Å². The molecule has 204 valence electrons. The van der Waals surface area contributed by atoms with Gasteiger partial charge in [0.1, 0.15) is 12.4 Å². The second-order valence-corrected chi connectivity index (χ2v) is 10.7. The van der Waals surface area contributed by atoms with E-state index < -0.39 is 12.0 Å². The Morgan fingerprint density at radius 3 is 2.51 bits per heavy atom. The number of hydrogen-bond donors (Lipinski definition) is 0. The Morgan fingerprint density at radius 2 is 1.68 bits per heavy atom. The summed E-state index contributed by atoms with van der Waals surface area (Å²) in [5.74, 6) is 0.207. The molecular formula is C34H28N2O4S. The lowest BCUT2D eigenvalue weighted by molar-refractivity contribution is -0.139. The first kappa shape index (κ1) is 26.5. The monoisotopic (exact) mass is 560 g/mol. The standard InChI is InChI=1S/C34H28N2O4S/c1-3-39-33(38)30-22(2)35-34-36(31(30)24-13-5-4-6-14-24)32(37)29(41-34)20-25-15-8-10-19-28(25)40-21-26-17-11-16-23-12-7-9-18-27(23)26/h4-20,31H,3,21H2,1-2H3. The van der Waals surface area contributed by atoms with E-state index >= 15 is 0 Å². The maximum atomic E-state index is 13.9. The average Bonchev–Trinajstić information content (AvgIpc) is 3.30. The van der Waals surface area contributed by atoms with E-state index in [2.05, 4.69) is 29.3 Å². The Bertz CT molecular complexity index is 1970. The normalized spacial score (nSPS) is 15.0. The van der Waals surface area contributed by atoms with Crippen LogP contribution in [0.5, 0.6) is 5.75 Å². The molecule has 0 radical (unpaired) electrons. The highest BCUT2D eigenvalue weighted by molar-refractivity contribution is 7.07. The van der Waals surface area contributed by atoms with Crippen LogP contribution in [-0.4, -0.2) is 17.1 Å². The van der Waals surface area contributed by atoms with Gasteiger partial charge in [-0.3, -0.25) is 9.36 Å². The molecule has 0 N–H and O–H groups in total. The fraction of sp³-hybridized carbons (Fsp3) is 0.147. The second kappa shape index (κ2) is 11.4.